The summed E-state index contributed by atoms with van der Waals surface area (Å²) in [6.07, 6.45) is 6.73. The molecule has 0 atom stereocenters. The number of amides is 1. The first-order valence-electron chi connectivity index (χ1n) is 8.03. The van der Waals surface area contributed by atoms with Crippen LogP contribution in [0.5, 0.6) is 5.75 Å². The van der Waals surface area contributed by atoms with E-state index in [4.69, 9.17) is 4.74 Å². The number of likely N-dealkylation sites (N-methyl/N-ethyl adjacent to an activating group) is 1. The van der Waals surface area contributed by atoms with Crippen molar-refractivity contribution >= 4 is 5.91 Å². The van der Waals surface area contributed by atoms with Crippen LogP contribution >= 0.6 is 0 Å². The summed E-state index contributed by atoms with van der Waals surface area (Å²) >= 11 is 0. The van der Waals surface area contributed by atoms with Crippen molar-refractivity contribution in [3.05, 3.63) is 72.4 Å². The molecule has 0 bridgehead atoms. The second-order valence-electron chi connectivity index (χ2n) is 5.76. The van der Waals surface area contributed by atoms with Crippen LogP contribution in [0.4, 0.5) is 0 Å². The minimum absolute atomic E-state index is 0.0729. The molecular weight excluding hydrogens is 316 g/mol. The number of pyridine rings is 1. The van der Waals surface area contributed by atoms with Crippen molar-refractivity contribution in [1.82, 2.24) is 19.4 Å². The summed E-state index contributed by atoms with van der Waals surface area (Å²) in [4.78, 5) is 22.5. The molecule has 0 spiro atoms. The van der Waals surface area contributed by atoms with Crippen LogP contribution in [0.2, 0.25) is 0 Å². The summed E-state index contributed by atoms with van der Waals surface area (Å²) in [5.74, 6) is 1.39. The minimum Gasteiger partial charge on any atom is -0.492 e. The summed E-state index contributed by atoms with van der Waals surface area (Å²) in [5, 5.41) is 0. The molecule has 25 heavy (non-hydrogen) atoms. The highest BCUT2D eigenvalue weighted by molar-refractivity contribution is 5.94. The number of ether oxygens (including phenoxy) is 1. The Morgan fingerprint density at radius 3 is 2.72 bits per heavy atom. The molecule has 2 heterocycles. The standard InChI is InChI=1S/C19H20N4O2/c1-15-3-5-17(6-4-15)25-12-11-22(2)19(24)16-7-8-21-18(13-16)23-10-9-20-14-23/h3-10,13-14H,11-12H2,1-2H3. The third-order valence-corrected chi connectivity index (χ3v) is 3.82. The van der Waals surface area contributed by atoms with Gasteiger partial charge in [-0.1, -0.05) is 17.7 Å². The Morgan fingerprint density at radius 1 is 1.20 bits per heavy atom. The van der Waals surface area contributed by atoms with Gasteiger partial charge in [0.05, 0.1) is 6.54 Å². The smallest absolute Gasteiger partial charge is 0.253 e. The first-order chi connectivity index (χ1) is 12.1. The molecule has 3 rings (SSSR count). The predicted molar refractivity (Wildman–Crippen MR) is 95.0 cm³/mol. The van der Waals surface area contributed by atoms with Crippen molar-refractivity contribution in [1.29, 1.82) is 0 Å². The molecule has 0 N–H and O–H groups in total. The molecule has 6 nitrogen and oxygen atoms in total. The lowest BCUT2D eigenvalue weighted by molar-refractivity contribution is 0.0773. The third-order valence-electron chi connectivity index (χ3n) is 3.82. The van der Waals surface area contributed by atoms with Crippen molar-refractivity contribution in [3.8, 4) is 11.6 Å². The van der Waals surface area contributed by atoms with E-state index in [-0.39, 0.29) is 5.91 Å². The van der Waals surface area contributed by atoms with Crippen LogP contribution in [0.15, 0.2) is 61.3 Å². The van der Waals surface area contributed by atoms with E-state index >= 15 is 0 Å². The van der Waals surface area contributed by atoms with Gasteiger partial charge in [-0.05, 0) is 31.2 Å². The van der Waals surface area contributed by atoms with Gasteiger partial charge in [0.25, 0.3) is 5.91 Å². The van der Waals surface area contributed by atoms with Gasteiger partial charge in [-0.15, -0.1) is 0 Å². The molecule has 0 unspecified atom stereocenters. The zero-order chi connectivity index (χ0) is 17.6. The Bertz CT molecular complexity index is 829. The summed E-state index contributed by atoms with van der Waals surface area (Å²) in [6, 6.07) is 11.3. The molecule has 3 aromatic rings. The normalized spacial score (nSPS) is 10.5. The van der Waals surface area contributed by atoms with Crippen molar-refractivity contribution in [3.63, 3.8) is 0 Å². The van der Waals surface area contributed by atoms with Crippen LogP contribution in [-0.2, 0) is 0 Å². The maximum absolute atomic E-state index is 12.6. The lowest BCUT2D eigenvalue weighted by atomic mass is 10.2. The largest absolute Gasteiger partial charge is 0.492 e. The quantitative estimate of drug-likeness (QED) is 0.694. The SMILES string of the molecule is Cc1ccc(OCCN(C)C(=O)c2ccnc(-n3ccnc3)c2)cc1. The Labute approximate surface area is 146 Å². The van der Waals surface area contributed by atoms with Crippen LogP contribution in [0.3, 0.4) is 0 Å². The molecule has 2 aromatic heterocycles. The van der Waals surface area contributed by atoms with Crippen molar-refractivity contribution in [2.75, 3.05) is 20.2 Å². The molecular formula is C19H20N4O2. The number of carbonyl (C=O) groups is 1. The van der Waals surface area contributed by atoms with Crippen LogP contribution in [0, 0.1) is 6.92 Å². The summed E-state index contributed by atoms with van der Waals surface area (Å²) in [6.45, 7) is 2.96. The first-order valence-corrected chi connectivity index (χ1v) is 8.03. The van der Waals surface area contributed by atoms with E-state index in [2.05, 4.69) is 9.97 Å². The zero-order valence-corrected chi connectivity index (χ0v) is 14.3. The van der Waals surface area contributed by atoms with Crippen LogP contribution < -0.4 is 4.74 Å². The van der Waals surface area contributed by atoms with Crippen molar-refractivity contribution in [2.45, 2.75) is 6.92 Å². The Hall–Kier alpha value is -3.15. The van der Waals surface area contributed by atoms with Gasteiger partial charge < -0.3 is 9.64 Å². The second kappa shape index (κ2) is 7.61. The summed E-state index contributed by atoms with van der Waals surface area (Å²) in [5.41, 5.74) is 1.77. The lowest BCUT2D eigenvalue weighted by Gasteiger charge is -2.18. The minimum atomic E-state index is -0.0729. The van der Waals surface area contributed by atoms with Crippen molar-refractivity contribution < 1.29 is 9.53 Å². The molecule has 0 fully saturated rings. The van der Waals surface area contributed by atoms with E-state index in [0.29, 0.717) is 24.5 Å². The van der Waals surface area contributed by atoms with Gasteiger partial charge in [-0.2, -0.15) is 0 Å². The van der Waals surface area contributed by atoms with E-state index in [1.54, 1.807) is 53.6 Å². The fourth-order valence-electron chi connectivity index (χ4n) is 2.34. The van der Waals surface area contributed by atoms with Crippen molar-refractivity contribution in [2.24, 2.45) is 0 Å². The highest BCUT2D eigenvalue weighted by Crippen LogP contribution is 2.12. The monoisotopic (exact) mass is 336 g/mol. The van der Waals surface area contributed by atoms with Gasteiger partial charge in [0.2, 0.25) is 0 Å². The molecule has 1 aromatic carbocycles. The fourth-order valence-corrected chi connectivity index (χ4v) is 2.34. The van der Waals surface area contributed by atoms with Gasteiger partial charge in [0.15, 0.2) is 0 Å². The molecule has 0 radical (unpaired) electrons. The number of imidazole rings is 1. The number of benzene rings is 1. The second-order valence-corrected chi connectivity index (χ2v) is 5.76. The maximum atomic E-state index is 12.6. The number of hydrogen-bond acceptors (Lipinski definition) is 4. The van der Waals surface area contributed by atoms with E-state index in [0.717, 1.165) is 5.75 Å². The number of aromatic nitrogens is 3. The molecule has 128 valence electrons. The average Bonchev–Trinajstić information content (AvgIpc) is 3.17. The van der Waals surface area contributed by atoms with Gasteiger partial charge >= 0.3 is 0 Å². The van der Waals surface area contributed by atoms with Gasteiger partial charge in [0, 0.05) is 31.2 Å². The number of carbonyl (C=O) groups excluding carboxylic acids is 1. The highest BCUT2D eigenvalue weighted by atomic mass is 16.5. The molecule has 0 saturated carbocycles. The average molecular weight is 336 g/mol. The molecule has 0 saturated heterocycles. The van der Waals surface area contributed by atoms with E-state index < -0.39 is 0 Å². The van der Waals surface area contributed by atoms with Gasteiger partial charge in [-0.3, -0.25) is 9.36 Å². The molecule has 0 aliphatic carbocycles. The Kier molecular flexibility index (Phi) is 5.09. The molecule has 0 aliphatic heterocycles. The third kappa shape index (κ3) is 4.23. The van der Waals surface area contributed by atoms with E-state index in [9.17, 15) is 4.79 Å². The van der Waals surface area contributed by atoms with Crippen LogP contribution in [0.25, 0.3) is 5.82 Å². The van der Waals surface area contributed by atoms with Gasteiger partial charge in [0.1, 0.15) is 24.5 Å². The van der Waals surface area contributed by atoms with Gasteiger partial charge in [-0.25, -0.2) is 9.97 Å². The summed E-state index contributed by atoms with van der Waals surface area (Å²) < 4.78 is 7.44. The lowest BCUT2D eigenvalue weighted by Crippen LogP contribution is -2.31. The topological polar surface area (TPSA) is 60.2 Å². The zero-order valence-electron chi connectivity index (χ0n) is 14.3. The highest BCUT2D eigenvalue weighted by Gasteiger charge is 2.13. The molecule has 6 heteroatoms. The Balaban J connectivity index is 1.58. The maximum Gasteiger partial charge on any atom is 0.253 e. The number of nitrogens with zero attached hydrogens (tertiary/aromatic N) is 4. The van der Waals surface area contributed by atoms with E-state index in [1.807, 2.05) is 31.2 Å². The predicted octanol–water partition coefficient (Wildman–Crippen LogP) is 2.73. The van der Waals surface area contributed by atoms with Crippen LogP contribution in [0.1, 0.15) is 15.9 Å². The summed E-state index contributed by atoms with van der Waals surface area (Å²) in [7, 11) is 1.76. The first kappa shape index (κ1) is 16.7. The van der Waals surface area contributed by atoms with Crippen LogP contribution in [-0.4, -0.2) is 45.5 Å². The van der Waals surface area contributed by atoms with E-state index in [1.165, 1.54) is 5.56 Å². The molecule has 0 aliphatic rings. The number of rotatable bonds is 6. The molecule has 1 amide bonds. The number of hydrogen-bond donors (Lipinski definition) is 0. The number of aryl methyl sites for hydroxylation is 1. The Morgan fingerprint density at radius 2 is 2.00 bits per heavy atom. The fraction of sp³-hybridized carbons (Fsp3) is 0.211.